The molecule has 1 nitrogen and oxygen atoms in total. The standard InChI is InChI=1S/C19H24OSi/c1-16-6-8-17(9-7-16)5-4-14-21(2,3)19-12-10-18(15-20)11-13-19/h6-13,15H,4-5,14H2,1-3H3. The fraction of sp³-hybridized carbons (Fsp3) is 0.316. The molecule has 0 heterocycles. The van der Waals surface area contributed by atoms with Crippen molar-refractivity contribution in [1.82, 2.24) is 0 Å². The van der Waals surface area contributed by atoms with Gasteiger partial charge in [-0.3, -0.25) is 4.79 Å². The molecule has 2 heteroatoms. The minimum Gasteiger partial charge on any atom is -0.298 e. The van der Waals surface area contributed by atoms with Crippen molar-refractivity contribution >= 4 is 19.5 Å². The van der Waals surface area contributed by atoms with E-state index in [2.05, 4.69) is 56.4 Å². The molecule has 0 aromatic heterocycles. The molecule has 0 radical (unpaired) electrons. The molecule has 0 saturated carbocycles. The van der Waals surface area contributed by atoms with Gasteiger partial charge in [-0.25, -0.2) is 0 Å². The van der Waals surface area contributed by atoms with E-state index in [9.17, 15) is 4.79 Å². The highest BCUT2D eigenvalue weighted by molar-refractivity contribution is 6.89. The molecule has 21 heavy (non-hydrogen) atoms. The lowest BCUT2D eigenvalue weighted by molar-refractivity contribution is 0.112. The smallest absolute Gasteiger partial charge is 0.150 e. The summed E-state index contributed by atoms with van der Waals surface area (Å²) < 4.78 is 0. The van der Waals surface area contributed by atoms with E-state index in [1.165, 1.54) is 28.8 Å². The third-order valence-corrected chi connectivity index (χ3v) is 7.72. The van der Waals surface area contributed by atoms with Crippen molar-refractivity contribution in [3.05, 3.63) is 65.2 Å². The average Bonchev–Trinajstić information content (AvgIpc) is 2.49. The summed E-state index contributed by atoms with van der Waals surface area (Å²) in [5.41, 5.74) is 3.52. The van der Waals surface area contributed by atoms with E-state index in [1.54, 1.807) is 0 Å². The van der Waals surface area contributed by atoms with Crippen LogP contribution in [0.3, 0.4) is 0 Å². The molecule has 2 aromatic carbocycles. The highest BCUT2D eigenvalue weighted by Crippen LogP contribution is 2.16. The first-order valence-corrected chi connectivity index (χ1v) is 10.8. The largest absolute Gasteiger partial charge is 0.298 e. The topological polar surface area (TPSA) is 17.1 Å². The molecule has 0 aliphatic heterocycles. The zero-order valence-corrected chi connectivity index (χ0v) is 14.2. The molecule has 0 aliphatic carbocycles. The summed E-state index contributed by atoms with van der Waals surface area (Å²) in [6.07, 6.45) is 3.30. The van der Waals surface area contributed by atoms with Crippen LogP contribution in [0.15, 0.2) is 48.5 Å². The Morgan fingerprint density at radius 1 is 0.952 bits per heavy atom. The highest BCUT2D eigenvalue weighted by Gasteiger charge is 2.22. The van der Waals surface area contributed by atoms with Crippen LogP contribution >= 0.6 is 0 Å². The number of hydrogen-bond acceptors (Lipinski definition) is 1. The van der Waals surface area contributed by atoms with Crippen molar-refractivity contribution in [2.24, 2.45) is 0 Å². The normalized spacial score (nSPS) is 11.4. The van der Waals surface area contributed by atoms with Crippen LogP contribution in [0.1, 0.15) is 27.9 Å². The van der Waals surface area contributed by atoms with Gasteiger partial charge >= 0.3 is 0 Å². The molecule has 0 spiro atoms. The minimum absolute atomic E-state index is 0.767. The summed E-state index contributed by atoms with van der Waals surface area (Å²) in [4.78, 5) is 10.7. The van der Waals surface area contributed by atoms with Gasteiger partial charge in [0.05, 0.1) is 8.07 Å². The maximum absolute atomic E-state index is 10.7. The van der Waals surface area contributed by atoms with Crippen LogP contribution in [-0.4, -0.2) is 14.4 Å². The molecule has 0 amide bonds. The lowest BCUT2D eigenvalue weighted by Crippen LogP contribution is -2.41. The molecule has 2 aromatic rings. The van der Waals surface area contributed by atoms with Gasteiger partial charge in [-0.2, -0.15) is 0 Å². The molecule has 0 atom stereocenters. The first-order valence-electron chi connectivity index (χ1n) is 7.62. The second-order valence-corrected chi connectivity index (χ2v) is 11.3. The molecule has 0 saturated heterocycles. The Morgan fingerprint density at radius 3 is 2.14 bits per heavy atom. The van der Waals surface area contributed by atoms with Gasteiger partial charge in [0.25, 0.3) is 0 Å². The van der Waals surface area contributed by atoms with Crippen LogP contribution in [0, 0.1) is 6.92 Å². The molecule has 0 fully saturated rings. The number of benzene rings is 2. The molecular weight excluding hydrogens is 272 g/mol. The van der Waals surface area contributed by atoms with E-state index in [0.29, 0.717) is 0 Å². The number of hydrogen-bond donors (Lipinski definition) is 0. The number of carbonyl (C=O) groups excluding carboxylic acids is 1. The number of aldehydes is 1. The maximum Gasteiger partial charge on any atom is 0.150 e. The Balaban J connectivity index is 1.93. The molecule has 0 unspecified atom stereocenters. The predicted octanol–water partition coefficient (Wildman–Crippen LogP) is 4.36. The predicted molar refractivity (Wildman–Crippen MR) is 93.3 cm³/mol. The Bertz CT molecular complexity index is 582. The highest BCUT2D eigenvalue weighted by atomic mass is 28.3. The van der Waals surface area contributed by atoms with Gasteiger partial charge in [-0.15, -0.1) is 0 Å². The quantitative estimate of drug-likeness (QED) is 0.572. The van der Waals surface area contributed by atoms with Crippen molar-refractivity contribution in [2.75, 3.05) is 0 Å². The first kappa shape index (κ1) is 15.7. The third-order valence-electron chi connectivity index (χ3n) is 4.22. The SMILES string of the molecule is Cc1ccc(CCC[Si](C)(C)c2ccc(C=O)cc2)cc1. The number of aryl methyl sites for hydroxylation is 2. The van der Waals surface area contributed by atoms with Crippen molar-refractivity contribution < 1.29 is 4.79 Å². The van der Waals surface area contributed by atoms with Crippen LogP contribution in [-0.2, 0) is 6.42 Å². The van der Waals surface area contributed by atoms with Crippen molar-refractivity contribution in [3.63, 3.8) is 0 Å². The molecule has 110 valence electrons. The summed E-state index contributed by atoms with van der Waals surface area (Å²) in [6, 6.07) is 18.3. The fourth-order valence-electron chi connectivity index (χ4n) is 2.65. The molecule has 0 N–H and O–H groups in total. The van der Waals surface area contributed by atoms with E-state index in [0.717, 1.165) is 18.3 Å². The summed E-state index contributed by atoms with van der Waals surface area (Å²) in [5.74, 6) is 0. The summed E-state index contributed by atoms with van der Waals surface area (Å²) in [7, 11) is -1.40. The lowest BCUT2D eigenvalue weighted by Gasteiger charge is -2.23. The van der Waals surface area contributed by atoms with E-state index in [1.807, 2.05) is 12.1 Å². The summed E-state index contributed by atoms with van der Waals surface area (Å²) in [5, 5.41) is 1.44. The molecule has 0 aliphatic rings. The lowest BCUT2D eigenvalue weighted by atomic mass is 10.1. The fourth-order valence-corrected chi connectivity index (χ4v) is 5.06. The summed E-state index contributed by atoms with van der Waals surface area (Å²) >= 11 is 0. The second kappa shape index (κ2) is 6.86. The van der Waals surface area contributed by atoms with Gasteiger partial charge in [0, 0.05) is 5.56 Å². The van der Waals surface area contributed by atoms with Crippen molar-refractivity contribution in [3.8, 4) is 0 Å². The molecule has 0 bridgehead atoms. The van der Waals surface area contributed by atoms with Gasteiger partial charge in [-0.05, 0) is 18.9 Å². The van der Waals surface area contributed by atoms with Gasteiger partial charge in [0.2, 0.25) is 0 Å². The summed E-state index contributed by atoms with van der Waals surface area (Å²) in [6.45, 7) is 6.96. The Hall–Kier alpha value is -1.67. The molecular formula is C19H24OSi. The van der Waals surface area contributed by atoms with E-state index in [4.69, 9.17) is 0 Å². The van der Waals surface area contributed by atoms with Crippen molar-refractivity contribution in [1.29, 1.82) is 0 Å². The van der Waals surface area contributed by atoms with E-state index in [-0.39, 0.29) is 0 Å². The second-order valence-electron chi connectivity index (χ2n) is 6.46. The first-order chi connectivity index (χ1) is 10.0. The Morgan fingerprint density at radius 2 is 1.57 bits per heavy atom. The van der Waals surface area contributed by atoms with Crippen LogP contribution in [0.25, 0.3) is 0 Å². The van der Waals surface area contributed by atoms with Crippen LogP contribution in [0.5, 0.6) is 0 Å². The minimum atomic E-state index is -1.40. The van der Waals surface area contributed by atoms with Gasteiger partial charge < -0.3 is 0 Å². The van der Waals surface area contributed by atoms with Gasteiger partial charge in [-0.1, -0.05) is 84.8 Å². The Labute approximate surface area is 129 Å². The van der Waals surface area contributed by atoms with Crippen LogP contribution in [0.4, 0.5) is 0 Å². The van der Waals surface area contributed by atoms with Crippen LogP contribution < -0.4 is 5.19 Å². The number of carbonyl (C=O) groups is 1. The van der Waals surface area contributed by atoms with Crippen LogP contribution in [0.2, 0.25) is 19.1 Å². The third kappa shape index (κ3) is 4.40. The maximum atomic E-state index is 10.7. The van der Waals surface area contributed by atoms with Gasteiger partial charge in [0.15, 0.2) is 0 Å². The van der Waals surface area contributed by atoms with E-state index >= 15 is 0 Å². The molecule has 2 rings (SSSR count). The van der Waals surface area contributed by atoms with Crippen molar-refractivity contribution in [2.45, 2.75) is 38.9 Å². The zero-order chi connectivity index (χ0) is 15.3. The number of rotatable bonds is 6. The zero-order valence-electron chi connectivity index (χ0n) is 13.2. The Kier molecular flexibility index (Phi) is 5.13. The van der Waals surface area contributed by atoms with Gasteiger partial charge in [0.1, 0.15) is 6.29 Å². The average molecular weight is 296 g/mol. The monoisotopic (exact) mass is 296 g/mol. The van der Waals surface area contributed by atoms with E-state index < -0.39 is 8.07 Å².